The number of benzene rings is 4. The zero-order valence-electron chi connectivity index (χ0n) is 23.1. The number of aryl methyl sites for hydroxylation is 1. The molecule has 0 N–H and O–H groups in total. The maximum atomic E-state index is 14.0. The van der Waals surface area contributed by atoms with Crippen LogP contribution in [0.25, 0.3) is 0 Å². The van der Waals surface area contributed by atoms with Crippen molar-refractivity contribution in [3.63, 3.8) is 0 Å². The molecule has 2 aliphatic heterocycles. The van der Waals surface area contributed by atoms with Crippen LogP contribution in [-0.4, -0.2) is 35.9 Å². The Morgan fingerprint density at radius 3 is 2.33 bits per heavy atom. The van der Waals surface area contributed by atoms with Gasteiger partial charge in [0.05, 0.1) is 35.0 Å². The number of anilines is 2. The van der Waals surface area contributed by atoms with Gasteiger partial charge in [-0.2, -0.15) is 0 Å². The lowest BCUT2D eigenvalue weighted by molar-refractivity contribution is -0.384. The molecule has 0 aromatic heterocycles. The highest BCUT2D eigenvalue weighted by Crippen LogP contribution is 2.49. The molecular formula is C32H25N3O8. The second-order valence-electron chi connectivity index (χ2n) is 10.1. The van der Waals surface area contributed by atoms with Gasteiger partial charge in [0.15, 0.2) is 17.6 Å². The van der Waals surface area contributed by atoms with Crippen molar-refractivity contribution in [3.05, 3.63) is 124 Å². The lowest BCUT2D eigenvalue weighted by Gasteiger charge is -2.29. The topological polar surface area (TPSA) is 129 Å². The number of ether oxygens (including phenoxy) is 2. The number of rotatable bonds is 7. The first-order chi connectivity index (χ1) is 20.8. The quantitative estimate of drug-likeness (QED) is 0.0956. The molecule has 2 aliphatic rings. The van der Waals surface area contributed by atoms with Crippen molar-refractivity contribution in [2.45, 2.75) is 19.1 Å². The summed E-state index contributed by atoms with van der Waals surface area (Å²) >= 11 is 0. The summed E-state index contributed by atoms with van der Waals surface area (Å²) in [5.41, 5.74) is 2.25. The fourth-order valence-electron chi connectivity index (χ4n) is 5.43. The summed E-state index contributed by atoms with van der Waals surface area (Å²) < 4.78 is 11.1. The number of amides is 2. The summed E-state index contributed by atoms with van der Waals surface area (Å²) in [7, 11) is 1.41. The van der Waals surface area contributed by atoms with E-state index in [4.69, 9.17) is 14.3 Å². The van der Waals surface area contributed by atoms with Crippen LogP contribution in [0.4, 0.5) is 17.1 Å². The van der Waals surface area contributed by atoms with Crippen LogP contribution in [0.15, 0.2) is 97.1 Å². The van der Waals surface area contributed by atoms with Gasteiger partial charge in [0.25, 0.3) is 11.6 Å². The van der Waals surface area contributed by atoms with E-state index in [2.05, 4.69) is 0 Å². The van der Waals surface area contributed by atoms with E-state index in [1.165, 1.54) is 36.4 Å². The number of hydroxylamine groups is 1. The van der Waals surface area contributed by atoms with E-state index in [9.17, 15) is 24.5 Å². The Morgan fingerprint density at radius 2 is 1.60 bits per heavy atom. The number of non-ortho nitro benzene ring substituents is 1. The number of methoxy groups -OCH3 is 1. The third kappa shape index (κ3) is 4.95. The van der Waals surface area contributed by atoms with Crippen LogP contribution in [0.2, 0.25) is 0 Å². The van der Waals surface area contributed by atoms with E-state index in [1.807, 2.05) is 13.0 Å². The van der Waals surface area contributed by atoms with Crippen LogP contribution >= 0.6 is 0 Å². The Hall–Kier alpha value is -5.55. The van der Waals surface area contributed by atoms with Gasteiger partial charge in [0.1, 0.15) is 5.92 Å². The molecule has 3 atom stereocenters. The summed E-state index contributed by atoms with van der Waals surface area (Å²) in [6.07, 6.45) is -1.18. The van der Waals surface area contributed by atoms with Crippen molar-refractivity contribution in [1.29, 1.82) is 0 Å². The number of esters is 1. The smallest absolute Gasteiger partial charge is 0.343 e. The summed E-state index contributed by atoms with van der Waals surface area (Å²) in [4.78, 5) is 58.6. The number of nitro groups is 1. The lowest BCUT2D eigenvalue weighted by Crippen LogP contribution is -2.37. The van der Waals surface area contributed by atoms with Crippen LogP contribution < -0.4 is 19.4 Å². The number of carbonyl (C=O) groups is 3. The number of imide groups is 1. The van der Waals surface area contributed by atoms with Crippen LogP contribution in [0.5, 0.6) is 11.5 Å². The summed E-state index contributed by atoms with van der Waals surface area (Å²) in [5, 5.41) is 12.9. The summed E-state index contributed by atoms with van der Waals surface area (Å²) in [6, 6.07) is 25.1. The number of hydrogen-bond acceptors (Lipinski definition) is 9. The van der Waals surface area contributed by atoms with E-state index in [0.717, 1.165) is 10.5 Å². The SMILES string of the molecule is COc1cc([C@@H]2[C@H]3C(=O)N(c4cccc(C)c4)C(=O)[C@H]3ON2c2cccc([N+](=O)[O-])c2)ccc1OC(=O)c1ccccc1. The Bertz CT molecular complexity index is 1760. The summed E-state index contributed by atoms with van der Waals surface area (Å²) in [6.45, 7) is 1.86. The molecular weight excluding hydrogens is 554 g/mol. The molecule has 216 valence electrons. The molecule has 2 saturated heterocycles. The maximum absolute atomic E-state index is 14.0. The minimum absolute atomic E-state index is 0.146. The molecule has 0 radical (unpaired) electrons. The highest BCUT2D eigenvalue weighted by molar-refractivity contribution is 6.24. The van der Waals surface area contributed by atoms with E-state index >= 15 is 0 Å². The van der Waals surface area contributed by atoms with Crippen LogP contribution in [0.1, 0.15) is 27.5 Å². The first-order valence-electron chi connectivity index (χ1n) is 13.4. The fourth-order valence-corrected chi connectivity index (χ4v) is 5.43. The lowest BCUT2D eigenvalue weighted by atomic mass is 9.90. The standard InChI is InChI=1S/C32H25N3O8/c1-19-8-6-11-22(16-19)33-30(36)27-28(34(43-29(27)31(33)37)23-12-7-13-24(18-23)35(39)40)21-14-15-25(26(17-21)41-2)42-32(38)20-9-4-3-5-10-20/h3-18,27-29H,1-2H3/t27-,28-,29+/m1/s1. The van der Waals surface area contributed by atoms with Crippen LogP contribution in [0, 0.1) is 23.0 Å². The van der Waals surface area contributed by atoms with Crippen molar-refractivity contribution >= 4 is 34.8 Å². The molecule has 2 fully saturated rings. The van der Waals surface area contributed by atoms with Gasteiger partial charge in [0.2, 0.25) is 5.91 Å². The number of carbonyl (C=O) groups excluding carboxylic acids is 3. The van der Waals surface area contributed by atoms with Gasteiger partial charge < -0.3 is 9.47 Å². The Morgan fingerprint density at radius 1 is 0.860 bits per heavy atom. The van der Waals surface area contributed by atoms with E-state index < -0.39 is 40.8 Å². The van der Waals surface area contributed by atoms with E-state index in [1.54, 1.807) is 66.7 Å². The molecule has 0 unspecified atom stereocenters. The number of fused-ring (bicyclic) bond motifs is 1. The third-order valence-corrected chi connectivity index (χ3v) is 7.41. The largest absolute Gasteiger partial charge is 0.493 e. The first kappa shape index (κ1) is 27.6. The monoisotopic (exact) mass is 579 g/mol. The zero-order valence-corrected chi connectivity index (χ0v) is 23.1. The van der Waals surface area contributed by atoms with Crippen LogP contribution in [-0.2, 0) is 14.4 Å². The molecule has 2 heterocycles. The van der Waals surface area contributed by atoms with Crippen molar-refractivity contribution in [2.75, 3.05) is 17.1 Å². The Kier molecular flexibility index (Phi) is 7.08. The molecule has 11 nitrogen and oxygen atoms in total. The highest BCUT2D eigenvalue weighted by Gasteiger charge is 2.60. The fraction of sp³-hybridized carbons (Fsp3) is 0.156. The summed E-state index contributed by atoms with van der Waals surface area (Å²) in [5.74, 6) is -2.24. The van der Waals surface area contributed by atoms with Crippen molar-refractivity contribution in [2.24, 2.45) is 5.92 Å². The van der Waals surface area contributed by atoms with Crippen LogP contribution in [0.3, 0.4) is 0 Å². The molecule has 4 aromatic carbocycles. The second-order valence-corrected chi connectivity index (χ2v) is 10.1. The predicted molar refractivity (Wildman–Crippen MR) is 155 cm³/mol. The van der Waals surface area contributed by atoms with Gasteiger partial charge in [-0.3, -0.25) is 24.5 Å². The maximum Gasteiger partial charge on any atom is 0.343 e. The Balaban J connectivity index is 1.41. The Labute approximate surface area is 245 Å². The minimum Gasteiger partial charge on any atom is -0.493 e. The molecule has 6 rings (SSSR count). The first-order valence-corrected chi connectivity index (χ1v) is 13.4. The number of hydrogen-bond donors (Lipinski definition) is 0. The molecule has 4 aromatic rings. The van der Waals surface area contributed by atoms with Gasteiger partial charge in [-0.1, -0.05) is 42.5 Å². The van der Waals surface area contributed by atoms with Crippen molar-refractivity contribution in [1.82, 2.24) is 0 Å². The van der Waals surface area contributed by atoms with Gasteiger partial charge >= 0.3 is 5.97 Å². The normalized spacial score (nSPS) is 19.3. The van der Waals surface area contributed by atoms with Gasteiger partial charge in [-0.15, -0.1) is 0 Å². The molecule has 11 heteroatoms. The molecule has 0 bridgehead atoms. The van der Waals surface area contributed by atoms with E-state index in [0.29, 0.717) is 16.8 Å². The van der Waals surface area contributed by atoms with Crippen molar-refractivity contribution < 1.29 is 33.6 Å². The predicted octanol–water partition coefficient (Wildman–Crippen LogP) is 5.18. The average molecular weight is 580 g/mol. The minimum atomic E-state index is -1.18. The zero-order chi connectivity index (χ0) is 30.2. The molecule has 0 spiro atoms. The number of nitrogens with zero attached hydrogens (tertiary/aromatic N) is 3. The molecule has 2 amide bonds. The highest BCUT2D eigenvalue weighted by atomic mass is 16.7. The van der Waals surface area contributed by atoms with E-state index in [-0.39, 0.29) is 22.9 Å². The van der Waals surface area contributed by atoms with Gasteiger partial charge in [-0.05, 0) is 60.5 Å². The van der Waals surface area contributed by atoms with Crippen molar-refractivity contribution in [3.8, 4) is 11.5 Å². The average Bonchev–Trinajstić information content (AvgIpc) is 3.53. The third-order valence-electron chi connectivity index (χ3n) is 7.41. The molecule has 0 aliphatic carbocycles. The second kappa shape index (κ2) is 11.0. The molecule has 43 heavy (non-hydrogen) atoms. The van der Waals surface area contributed by atoms with Gasteiger partial charge in [0, 0.05) is 12.1 Å². The number of nitro benzene ring substituents is 1. The van der Waals surface area contributed by atoms with Gasteiger partial charge in [-0.25, -0.2) is 14.8 Å². The molecule has 0 saturated carbocycles.